The Morgan fingerprint density at radius 3 is 3.12 bits per heavy atom. The SMILES string of the molecule is CNCC1CCCOC1c1cccc(Cl)c1. The van der Waals surface area contributed by atoms with Crippen molar-refractivity contribution >= 4 is 11.6 Å². The Labute approximate surface area is 102 Å². The largest absolute Gasteiger partial charge is 0.373 e. The first-order valence-electron chi connectivity index (χ1n) is 5.83. The predicted octanol–water partition coefficient (Wildman–Crippen LogP) is 3.03. The summed E-state index contributed by atoms with van der Waals surface area (Å²) in [4.78, 5) is 0. The van der Waals surface area contributed by atoms with Crippen molar-refractivity contribution in [2.75, 3.05) is 20.2 Å². The van der Waals surface area contributed by atoms with E-state index in [1.807, 2.05) is 25.2 Å². The van der Waals surface area contributed by atoms with Crippen molar-refractivity contribution in [3.63, 3.8) is 0 Å². The fourth-order valence-corrected chi connectivity index (χ4v) is 2.57. The van der Waals surface area contributed by atoms with Gasteiger partial charge in [-0.3, -0.25) is 0 Å². The van der Waals surface area contributed by atoms with Gasteiger partial charge in [0.1, 0.15) is 0 Å². The molecule has 0 aromatic heterocycles. The lowest BCUT2D eigenvalue weighted by molar-refractivity contribution is -0.0272. The third-order valence-electron chi connectivity index (χ3n) is 3.09. The molecule has 0 bridgehead atoms. The Hall–Kier alpha value is -0.570. The number of ether oxygens (including phenoxy) is 1. The molecule has 1 heterocycles. The van der Waals surface area contributed by atoms with Gasteiger partial charge in [0, 0.05) is 24.1 Å². The Morgan fingerprint density at radius 2 is 2.38 bits per heavy atom. The van der Waals surface area contributed by atoms with Gasteiger partial charge in [-0.15, -0.1) is 0 Å². The van der Waals surface area contributed by atoms with Crippen molar-refractivity contribution in [2.45, 2.75) is 18.9 Å². The van der Waals surface area contributed by atoms with Crippen LogP contribution >= 0.6 is 11.6 Å². The number of hydrogen-bond donors (Lipinski definition) is 1. The van der Waals surface area contributed by atoms with Crippen LogP contribution in [0.25, 0.3) is 0 Å². The summed E-state index contributed by atoms with van der Waals surface area (Å²) in [6.07, 6.45) is 2.57. The van der Waals surface area contributed by atoms with Gasteiger partial charge in [0.15, 0.2) is 0 Å². The van der Waals surface area contributed by atoms with E-state index in [1.165, 1.54) is 12.0 Å². The second-order valence-corrected chi connectivity index (χ2v) is 4.74. The normalized spacial score (nSPS) is 25.6. The van der Waals surface area contributed by atoms with Crippen LogP contribution < -0.4 is 5.32 Å². The van der Waals surface area contributed by atoms with Gasteiger partial charge in [-0.1, -0.05) is 23.7 Å². The van der Waals surface area contributed by atoms with Gasteiger partial charge in [0.25, 0.3) is 0 Å². The predicted molar refractivity (Wildman–Crippen MR) is 66.8 cm³/mol. The third-order valence-corrected chi connectivity index (χ3v) is 3.32. The van der Waals surface area contributed by atoms with E-state index in [1.54, 1.807) is 0 Å². The summed E-state index contributed by atoms with van der Waals surface area (Å²) in [5.41, 5.74) is 1.20. The Bertz CT molecular complexity index is 340. The van der Waals surface area contributed by atoms with Crippen LogP contribution in [-0.2, 0) is 4.74 Å². The fourth-order valence-electron chi connectivity index (χ4n) is 2.37. The van der Waals surface area contributed by atoms with Gasteiger partial charge in [0.05, 0.1) is 6.10 Å². The molecular formula is C13H18ClNO. The van der Waals surface area contributed by atoms with E-state index < -0.39 is 0 Å². The maximum Gasteiger partial charge on any atom is 0.0865 e. The number of nitrogens with one attached hydrogen (secondary N) is 1. The third kappa shape index (κ3) is 2.76. The molecule has 2 atom stereocenters. The van der Waals surface area contributed by atoms with Crippen LogP contribution in [0.5, 0.6) is 0 Å². The highest BCUT2D eigenvalue weighted by atomic mass is 35.5. The molecule has 0 saturated carbocycles. The molecule has 0 amide bonds. The van der Waals surface area contributed by atoms with Gasteiger partial charge in [0.2, 0.25) is 0 Å². The lowest BCUT2D eigenvalue weighted by Gasteiger charge is -2.32. The van der Waals surface area contributed by atoms with E-state index in [2.05, 4.69) is 11.4 Å². The average molecular weight is 240 g/mol. The summed E-state index contributed by atoms with van der Waals surface area (Å²) >= 11 is 6.02. The van der Waals surface area contributed by atoms with Crippen molar-refractivity contribution in [3.8, 4) is 0 Å². The van der Waals surface area contributed by atoms with Crippen LogP contribution in [0.15, 0.2) is 24.3 Å². The molecule has 1 N–H and O–H groups in total. The van der Waals surface area contributed by atoms with Gasteiger partial charge in [-0.25, -0.2) is 0 Å². The molecular weight excluding hydrogens is 222 g/mol. The van der Waals surface area contributed by atoms with Crippen LogP contribution in [0, 0.1) is 5.92 Å². The van der Waals surface area contributed by atoms with E-state index in [0.717, 1.165) is 24.6 Å². The van der Waals surface area contributed by atoms with E-state index in [9.17, 15) is 0 Å². The van der Waals surface area contributed by atoms with E-state index >= 15 is 0 Å². The highest BCUT2D eigenvalue weighted by Crippen LogP contribution is 2.33. The molecule has 2 unspecified atom stereocenters. The minimum absolute atomic E-state index is 0.194. The molecule has 1 fully saturated rings. The van der Waals surface area contributed by atoms with Gasteiger partial charge in [-0.05, 0) is 37.6 Å². The maximum absolute atomic E-state index is 6.02. The lowest BCUT2D eigenvalue weighted by Crippen LogP contribution is -2.30. The van der Waals surface area contributed by atoms with Crippen molar-refractivity contribution in [2.24, 2.45) is 5.92 Å². The first-order valence-corrected chi connectivity index (χ1v) is 6.20. The zero-order chi connectivity index (χ0) is 11.4. The first-order chi connectivity index (χ1) is 7.81. The van der Waals surface area contributed by atoms with Crippen LogP contribution in [0.2, 0.25) is 5.02 Å². The molecule has 0 spiro atoms. The summed E-state index contributed by atoms with van der Waals surface area (Å²) in [5, 5.41) is 4.03. The minimum Gasteiger partial charge on any atom is -0.373 e. The molecule has 0 aliphatic carbocycles. The summed E-state index contributed by atoms with van der Waals surface area (Å²) in [5.74, 6) is 0.553. The minimum atomic E-state index is 0.194. The molecule has 0 radical (unpaired) electrons. The molecule has 1 aliphatic heterocycles. The Morgan fingerprint density at radius 1 is 1.50 bits per heavy atom. The summed E-state index contributed by atoms with van der Waals surface area (Å²) in [6, 6.07) is 8.01. The molecule has 1 aromatic carbocycles. The molecule has 1 aromatic rings. The van der Waals surface area contributed by atoms with Gasteiger partial charge < -0.3 is 10.1 Å². The van der Waals surface area contributed by atoms with Crippen LogP contribution in [0.1, 0.15) is 24.5 Å². The first kappa shape index (κ1) is 11.9. The highest BCUT2D eigenvalue weighted by Gasteiger charge is 2.26. The number of hydrogen-bond acceptors (Lipinski definition) is 2. The van der Waals surface area contributed by atoms with Crippen molar-refractivity contribution in [1.29, 1.82) is 0 Å². The van der Waals surface area contributed by atoms with Crippen LogP contribution in [-0.4, -0.2) is 20.2 Å². The zero-order valence-electron chi connectivity index (χ0n) is 9.58. The van der Waals surface area contributed by atoms with E-state index in [0.29, 0.717) is 5.92 Å². The monoisotopic (exact) mass is 239 g/mol. The molecule has 2 nitrogen and oxygen atoms in total. The Balaban J connectivity index is 2.16. The number of benzene rings is 1. The average Bonchev–Trinajstić information content (AvgIpc) is 2.30. The fraction of sp³-hybridized carbons (Fsp3) is 0.538. The maximum atomic E-state index is 6.02. The quantitative estimate of drug-likeness (QED) is 0.876. The number of rotatable bonds is 3. The standard InChI is InChI=1S/C13H18ClNO/c1-15-9-11-5-3-7-16-13(11)10-4-2-6-12(14)8-10/h2,4,6,8,11,13,15H,3,5,7,9H2,1H3. The highest BCUT2D eigenvalue weighted by molar-refractivity contribution is 6.30. The zero-order valence-corrected chi connectivity index (χ0v) is 10.3. The van der Waals surface area contributed by atoms with Crippen molar-refractivity contribution < 1.29 is 4.74 Å². The smallest absolute Gasteiger partial charge is 0.0865 e. The van der Waals surface area contributed by atoms with Crippen LogP contribution in [0.4, 0.5) is 0 Å². The summed E-state index contributed by atoms with van der Waals surface area (Å²) < 4.78 is 5.89. The second-order valence-electron chi connectivity index (χ2n) is 4.31. The molecule has 1 aliphatic rings. The summed E-state index contributed by atoms with van der Waals surface area (Å²) in [7, 11) is 1.99. The number of halogens is 1. The van der Waals surface area contributed by atoms with Crippen molar-refractivity contribution in [1.82, 2.24) is 5.32 Å². The lowest BCUT2D eigenvalue weighted by atomic mass is 9.89. The Kier molecular flexibility index (Phi) is 4.22. The van der Waals surface area contributed by atoms with Crippen LogP contribution in [0.3, 0.4) is 0 Å². The van der Waals surface area contributed by atoms with Crippen molar-refractivity contribution in [3.05, 3.63) is 34.9 Å². The molecule has 3 heteroatoms. The van der Waals surface area contributed by atoms with E-state index in [4.69, 9.17) is 16.3 Å². The summed E-state index contributed by atoms with van der Waals surface area (Å²) in [6.45, 7) is 1.86. The van der Waals surface area contributed by atoms with E-state index in [-0.39, 0.29) is 6.10 Å². The molecule has 1 saturated heterocycles. The molecule has 16 heavy (non-hydrogen) atoms. The molecule has 2 rings (SSSR count). The van der Waals surface area contributed by atoms with Gasteiger partial charge in [-0.2, -0.15) is 0 Å². The van der Waals surface area contributed by atoms with Gasteiger partial charge >= 0.3 is 0 Å². The topological polar surface area (TPSA) is 21.3 Å². The molecule has 88 valence electrons. The second kappa shape index (κ2) is 5.67.